The first-order chi connectivity index (χ1) is 12.8. The van der Waals surface area contributed by atoms with Crippen molar-refractivity contribution in [1.29, 1.82) is 0 Å². The first kappa shape index (κ1) is 21.7. The molecule has 0 amide bonds. The summed E-state index contributed by atoms with van der Waals surface area (Å²) in [5.74, 6) is 6.61. The van der Waals surface area contributed by atoms with Crippen LogP contribution < -0.4 is 10.1 Å². The molecular weight excluding hydrogens is 390 g/mol. The predicted octanol–water partition coefficient (Wildman–Crippen LogP) is 2.76. The van der Waals surface area contributed by atoms with Crippen LogP contribution >= 0.6 is 11.6 Å². The van der Waals surface area contributed by atoms with Crippen molar-refractivity contribution in [1.82, 2.24) is 5.32 Å². The largest absolute Gasteiger partial charge is 0.426 e. The zero-order chi connectivity index (χ0) is 19.7. The number of hydrogen-bond acceptors (Lipinski definition) is 6. The number of carbonyl (C=O) groups excluding carboxylic acids is 1. The van der Waals surface area contributed by atoms with Gasteiger partial charge in [0.25, 0.3) is 10.1 Å². The van der Waals surface area contributed by atoms with Crippen LogP contribution in [0.1, 0.15) is 32.1 Å². The minimum atomic E-state index is -3.39. The van der Waals surface area contributed by atoms with E-state index in [-0.39, 0.29) is 25.2 Å². The number of halogens is 1. The van der Waals surface area contributed by atoms with Gasteiger partial charge in [0, 0.05) is 23.4 Å². The van der Waals surface area contributed by atoms with E-state index in [1.165, 1.54) is 0 Å². The average molecular weight is 414 g/mol. The molecule has 0 saturated heterocycles. The lowest BCUT2D eigenvalue weighted by Crippen LogP contribution is -2.37. The lowest BCUT2D eigenvalue weighted by molar-refractivity contribution is -0.133. The van der Waals surface area contributed by atoms with Gasteiger partial charge in [-0.2, -0.15) is 8.42 Å². The molecule has 0 atom stereocenters. The van der Waals surface area contributed by atoms with Crippen LogP contribution in [0.2, 0.25) is 5.02 Å². The van der Waals surface area contributed by atoms with Crippen LogP contribution in [0.25, 0.3) is 0 Å². The molecule has 0 aliphatic heterocycles. The summed E-state index contributed by atoms with van der Waals surface area (Å²) in [5.41, 5.74) is 0. The van der Waals surface area contributed by atoms with Gasteiger partial charge in [-0.15, -0.1) is 5.92 Å². The Morgan fingerprint density at radius 1 is 1.22 bits per heavy atom. The summed E-state index contributed by atoms with van der Waals surface area (Å²) in [6, 6.07) is 6.94. The highest BCUT2D eigenvalue weighted by atomic mass is 35.5. The van der Waals surface area contributed by atoms with Gasteiger partial charge in [-0.05, 0) is 49.9 Å². The van der Waals surface area contributed by atoms with Crippen LogP contribution in [-0.4, -0.2) is 39.8 Å². The highest BCUT2D eigenvalue weighted by Crippen LogP contribution is 2.23. The predicted molar refractivity (Wildman–Crippen MR) is 104 cm³/mol. The van der Waals surface area contributed by atoms with Crippen molar-refractivity contribution in [2.75, 3.05) is 19.4 Å². The van der Waals surface area contributed by atoms with Gasteiger partial charge in [0.2, 0.25) is 0 Å². The highest BCUT2D eigenvalue weighted by molar-refractivity contribution is 7.85. The van der Waals surface area contributed by atoms with E-state index in [1.807, 2.05) is 0 Å². The van der Waals surface area contributed by atoms with Gasteiger partial charge in [-0.1, -0.05) is 17.5 Å². The second kappa shape index (κ2) is 10.7. The summed E-state index contributed by atoms with van der Waals surface area (Å²) < 4.78 is 31.6. The number of ether oxygens (including phenoxy) is 1. The van der Waals surface area contributed by atoms with Gasteiger partial charge in [0.1, 0.15) is 5.75 Å². The van der Waals surface area contributed by atoms with Crippen molar-refractivity contribution in [2.24, 2.45) is 5.92 Å². The molecule has 1 aromatic rings. The molecular formula is C19H24ClNO5S. The topological polar surface area (TPSA) is 81.7 Å². The van der Waals surface area contributed by atoms with E-state index in [9.17, 15) is 13.2 Å². The number of benzene rings is 1. The second-order valence-corrected chi connectivity index (χ2v) is 8.54. The number of hydrogen-bond donors (Lipinski definition) is 1. The van der Waals surface area contributed by atoms with E-state index < -0.39 is 10.1 Å². The highest BCUT2D eigenvalue weighted by Gasteiger charge is 2.20. The van der Waals surface area contributed by atoms with Crippen LogP contribution in [0.4, 0.5) is 0 Å². The minimum absolute atomic E-state index is 0.0957. The molecule has 1 aliphatic rings. The molecule has 0 aromatic heterocycles. The lowest BCUT2D eigenvalue weighted by atomic mass is 9.86. The van der Waals surface area contributed by atoms with Gasteiger partial charge in [0.05, 0.1) is 19.4 Å². The summed E-state index contributed by atoms with van der Waals surface area (Å²) in [7, 11) is -3.39. The third-order valence-corrected chi connectivity index (χ3v) is 4.99. The quantitative estimate of drug-likeness (QED) is 0.243. The molecule has 0 radical (unpaired) electrons. The SMILES string of the molecule is CS(=O)(=O)OCCC#CC1CCC(NCC(=O)Oc2ccc(Cl)cc2)CC1. The molecule has 1 aliphatic carbocycles. The Morgan fingerprint density at radius 2 is 1.89 bits per heavy atom. The lowest BCUT2D eigenvalue weighted by Gasteiger charge is -2.26. The van der Waals surface area contributed by atoms with Gasteiger partial charge in [-0.3, -0.25) is 8.98 Å². The van der Waals surface area contributed by atoms with Gasteiger partial charge in [0.15, 0.2) is 0 Å². The third kappa shape index (κ3) is 9.25. The fraction of sp³-hybridized carbons (Fsp3) is 0.526. The Balaban J connectivity index is 1.61. The zero-order valence-corrected chi connectivity index (χ0v) is 16.8. The Kier molecular flexibility index (Phi) is 8.58. The van der Waals surface area contributed by atoms with E-state index in [0.717, 1.165) is 31.9 Å². The first-order valence-corrected chi connectivity index (χ1v) is 11.0. The van der Waals surface area contributed by atoms with Crippen LogP contribution in [-0.2, 0) is 19.1 Å². The summed E-state index contributed by atoms with van der Waals surface area (Å²) in [6.07, 6.45) is 5.20. The molecule has 2 rings (SSSR count). The van der Waals surface area contributed by atoms with E-state index in [1.54, 1.807) is 24.3 Å². The molecule has 0 bridgehead atoms. The molecule has 0 heterocycles. The summed E-state index contributed by atoms with van der Waals surface area (Å²) in [5, 5.41) is 3.82. The molecule has 0 spiro atoms. The third-order valence-electron chi connectivity index (χ3n) is 4.14. The second-order valence-electron chi connectivity index (χ2n) is 6.45. The molecule has 1 fully saturated rings. The Hall–Kier alpha value is -1.59. The molecule has 0 unspecified atom stereocenters. The molecule has 8 heteroatoms. The molecule has 1 aromatic carbocycles. The van der Waals surface area contributed by atoms with Crippen LogP contribution in [0.5, 0.6) is 5.75 Å². The molecule has 1 N–H and O–H groups in total. The van der Waals surface area contributed by atoms with Crippen LogP contribution in [0.3, 0.4) is 0 Å². The molecule has 27 heavy (non-hydrogen) atoms. The monoisotopic (exact) mass is 413 g/mol. The maximum Gasteiger partial charge on any atom is 0.325 e. The molecule has 148 valence electrons. The minimum Gasteiger partial charge on any atom is -0.426 e. The summed E-state index contributed by atoms with van der Waals surface area (Å²) in [4.78, 5) is 11.9. The maximum atomic E-state index is 11.9. The van der Waals surface area contributed by atoms with Crippen molar-refractivity contribution in [3.8, 4) is 17.6 Å². The number of carbonyl (C=O) groups is 1. The molecule has 6 nitrogen and oxygen atoms in total. The Labute approximate surface area is 165 Å². The van der Waals surface area contributed by atoms with Crippen molar-refractivity contribution >= 4 is 27.7 Å². The van der Waals surface area contributed by atoms with Gasteiger partial charge in [-0.25, -0.2) is 0 Å². The number of rotatable bonds is 7. The number of esters is 1. The van der Waals surface area contributed by atoms with E-state index in [2.05, 4.69) is 21.3 Å². The van der Waals surface area contributed by atoms with Crippen molar-refractivity contribution < 1.29 is 22.1 Å². The van der Waals surface area contributed by atoms with Crippen LogP contribution in [0, 0.1) is 17.8 Å². The standard InChI is InChI=1S/C19H24ClNO5S/c1-27(23,24)25-13-3-2-4-15-5-9-17(10-6-15)21-14-19(22)26-18-11-7-16(20)8-12-18/h7-8,11-12,15,17,21H,3,5-6,9-10,13-14H2,1H3. The van der Waals surface area contributed by atoms with Crippen LogP contribution in [0.15, 0.2) is 24.3 Å². The molecule has 1 saturated carbocycles. The van der Waals surface area contributed by atoms with Gasteiger partial charge >= 0.3 is 5.97 Å². The Bertz CT molecular complexity index is 775. The fourth-order valence-electron chi connectivity index (χ4n) is 2.80. The smallest absolute Gasteiger partial charge is 0.325 e. The van der Waals surface area contributed by atoms with Crippen molar-refractivity contribution in [3.05, 3.63) is 29.3 Å². The summed E-state index contributed by atoms with van der Waals surface area (Å²) in [6.45, 7) is 0.255. The van der Waals surface area contributed by atoms with Crippen molar-refractivity contribution in [3.63, 3.8) is 0 Å². The van der Waals surface area contributed by atoms with Gasteiger partial charge < -0.3 is 10.1 Å². The Morgan fingerprint density at radius 3 is 2.52 bits per heavy atom. The zero-order valence-electron chi connectivity index (χ0n) is 15.2. The van der Waals surface area contributed by atoms with E-state index in [0.29, 0.717) is 23.1 Å². The average Bonchev–Trinajstić information content (AvgIpc) is 2.62. The first-order valence-electron chi connectivity index (χ1n) is 8.84. The summed E-state index contributed by atoms with van der Waals surface area (Å²) >= 11 is 5.80. The maximum absolute atomic E-state index is 11.9. The van der Waals surface area contributed by atoms with E-state index in [4.69, 9.17) is 16.3 Å². The fourth-order valence-corrected chi connectivity index (χ4v) is 3.31. The normalized spacial score (nSPS) is 19.8. The number of nitrogens with one attached hydrogen (secondary N) is 1. The van der Waals surface area contributed by atoms with E-state index >= 15 is 0 Å². The van der Waals surface area contributed by atoms with Crippen molar-refractivity contribution in [2.45, 2.75) is 38.1 Å².